The van der Waals surface area contributed by atoms with E-state index >= 15 is 0 Å². The predicted octanol–water partition coefficient (Wildman–Crippen LogP) is -1.40. The Kier molecular flexibility index (Phi) is 10.3. The van der Waals surface area contributed by atoms with Crippen molar-refractivity contribution in [1.29, 1.82) is 0 Å². The molecule has 0 aliphatic heterocycles. The van der Waals surface area contributed by atoms with Gasteiger partial charge in [0, 0.05) is 13.1 Å². The first-order valence-electron chi connectivity index (χ1n) is 9.79. The summed E-state index contributed by atoms with van der Waals surface area (Å²) in [5, 5.41) is 20.5. The van der Waals surface area contributed by atoms with Crippen LogP contribution in [0.1, 0.15) is 46.0 Å². The van der Waals surface area contributed by atoms with Gasteiger partial charge in [-0.15, -0.1) is 0 Å². The molecule has 156 valence electrons. The summed E-state index contributed by atoms with van der Waals surface area (Å²) in [5.74, 6) is -1.13. The van der Waals surface area contributed by atoms with Crippen LogP contribution in [0.5, 0.6) is 0 Å². The lowest BCUT2D eigenvalue weighted by Gasteiger charge is -2.30. The van der Waals surface area contributed by atoms with Crippen molar-refractivity contribution in [2.75, 3.05) is 20.1 Å². The van der Waals surface area contributed by atoms with E-state index in [1.54, 1.807) is 14.0 Å². The van der Waals surface area contributed by atoms with E-state index < -0.39 is 30.0 Å². The van der Waals surface area contributed by atoms with Crippen LogP contribution in [0, 0.1) is 5.92 Å². The zero-order chi connectivity index (χ0) is 20.4. The van der Waals surface area contributed by atoms with Crippen LogP contribution in [-0.4, -0.2) is 67.2 Å². The van der Waals surface area contributed by atoms with Gasteiger partial charge in [-0.3, -0.25) is 14.4 Å². The molecule has 0 aromatic carbocycles. The minimum atomic E-state index is -1.11. The van der Waals surface area contributed by atoms with Crippen LogP contribution in [0.25, 0.3) is 0 Å². The van der Waals surface area contributed by atoms with Crippen LogP contribution in [-0.2, 0) is 14.4 Å². The molecule has 0 aromatic heterocycles. The van der Waals surface area contributed by atoms with Crippen LogP contribution in [0.2, 0.25) is 0 Å². The third kappa shape index (κ3) is 7.08. The van der Waals surface area contributed by atoms with Crippen LogP contribution in [0.3, 0.4) is 0 Å². The van der Waals surface area contributed by atoms with Gasteiger partial charge in [-0.1, -0.05) is 19.3 Å². The number of hydrogen-bond donors (Lipinski definition) is 6. The average molecular weight is 386 g/mol. The molecule has 7 N–H and O–H groups in total. The topological polar surface area (TPSA) is 146 Å². The van der Waals surface area contributed by atoms with Crippen molar-refractivity contribution in [3.63, 3.8) is 0 Å². The second kappa shape index (κ2) is 11.9. The van der Waals surface area contributed by atoms with Crippen molar-refractivity contribution < 1.29 is 19.5 Å². The van der Waals surface area contributed by atoms with Gasteiger partial charge >= 0.3 is 0 Å². The average Bonchev–Trinajstić information content (AvgIpc) is 2.65. The van der Waals surface area contributed by atoms with Gasteiger partial charge in [0.25, 0.3) is 0 Å². The summed E-state index contributed by atoms with van der Waals surface area (Å²) >= 11 is 0. The maximum absolute atomic E-state index is 12.7. The Bertz CT molecular complexity index is 494. The third-order valence-electron chi connectivity index (χ3n) is 5.00. The number of carbonyl (C=O) groups is 3. The number of likely N-dealkylation sites (N-methyl/N-ethyl adjacent to an activating group) is 2. The van der Waals surface area contributed by atoms with Crippen molar-refractivity contribution in [2.24, 2.45) is 11.7 Å². The Labute approximate surface area is 161 Å². The molecule has 0 radical (unpaired) electrons. The van der Waals surface area contributed by atoms with Crippen LogP contribution < -0.4 is 27.0 Å². The number of amides is 3. The first kappa shape index (κ1) is 23.3. The van der Waals surface area contributed by atoms with Gasteiger partial charge in [-0.05, 0) is 39.7 Å². The molecule has 9 nitrogen and oxygen atoms in total. The Morgan fingerprint density at radius 3 is 2.19 bits per heavy atom. The Balaban J connectivity index is 2.72. The molecule has 1 fully saturated rings. The van der Waals surface area contributed by atoms with Gasteiger partial charge in [0.1, 0.15) is 12.1 Å². The summed E-state index contributed by atoms with van der Waals surface area (Å²) in [4.78, 5) is 37.2. The normalized spacial score (nSPS) is 19.4. The summed E-state index contributed by atoms with van der Waals surface area (Å²) in [6.07, 6.45) is 4.24. The molecule has 0 bridgehead atoms. The highest BCUT2D eigenvalue weighted by Crippen LogP contribution is 2.26. The number of nitrogens with one attached hydrogen (secondary N) is 4. The van der Waals surface area contributed by atoms with Gasteiger partial charge < -0.3 is 32.1 Å². The van der Waals surface area contributed by atoms with Gasteiger partial charge in [0.2, 0.25) is 17.7 Å². The summed E-state index contributed by atoms with van der Waals surface area (Å²) < 4.78 is 0. The molecule has 3 amide bonds. The zero-order valence-corrected chi connectivity index (χ0v) is 16.6. The first-order chi connectivity index (χ1) is 12.8. The molecule has 0 aromatic rings. The predicted molar refractivity (Wildman–Crippen MR) is 103 cm³/mol. The van der Waals surface area contributed by atoms with E-state index in [4.69, 9.17) is 5.73 Å². The lowest BCUT2D eigenvalue weighted by molar-refractivity contribution is -0.134. The summed E-state index contributed by atoms with van der Waals surface area (Å²) in [7, 11) is 1.73. The van der Waals surface area contributed by atoms with E-state index in [1.165, 1.54) is 13.3 Å². The molecule has 1 aliphatic rings. The molecule has 0 spiro atoms. The fourth-order valence-corrected chi connectivity index (χ4v) is 3.48. The number of nitrogens with two attached hydrogens (primary N) is 1. The number of aliphatic hydroxyl groups excluding tert-OH is 1. The molecule has 1 rings (SSSR count). The Hall–Kier alpha value is -1.71. The van der Waals surface area contributed by atoms with E-state index in [9.17, 15) is 19.5 Å². The lowest BCUT2D eigenvalue weighted by atomic mass is 9.83. The molecule has 4 atom stereocenters. The fourth-order valence-electron chi connectivity index (χ4n) is 3.48. The molecule has 4 unspecified atom stereocenters. The quantitative estimate of drug-likeness (QED) is 0.273. The summed E-state index contributed by atoms with van der Waals surface area (Å²) in [6.45, 7) is 3.42. The standard InChI is InChI=1S/C18H35N5O4/c1-4-21-17(26)14(11(2)24)23-16(25)13(10-19)22-18(27)15(20-3)12-8-6-5-7-9-12/h11-15,20,24H,4-10,19H2,1-3H3,(H,21,26)(H,22,27)(H,23,25). The van der Waals surface area contributed by atoms with Crippen molar-refractivity contribution >= 4 is 17.7 Å². The van der Waals surface area contributed by atoms with E-state index in [0.29, 0.717) is 6.54 Å². The van der Waals surface area contributed by atoms with Crippen LogP contribution >= 0.6 is 0 Å². The largest absolute Gasteiger partial charge is 0.391 e. The molecule has 0 heterocycles. The highest BCUT2D eigenvalue weighted by Gasteiger charge is 2.32. The fraction of sp³-hybridized carbons (Fsp3) is 0.833. The second-order valence-corrected chi connectivity index (χ2v) is 7.08. The molecule has 0 saturated heterocycles. The second-order valence-electron chi connectivity index (χ2n) is 7.08. The van der Waals surface area contributed by atoms with Crippen LogP contribution in [0.4, 0.5) is 0 Å². The molecular weight excluding hydrogens is 350 g/mol. The number of rotatable bonds is 10. The summed E-state index contributed by atoms with van der Waals surface area (Å²) in [6, 6.07) is -2.47. The van der Waals surface area contributed by atoms with Crippen molar-refractivity contribution in [2.45, 2.75) is 70.2 Å². The van der Waals surface area contributed by atoms with Gasteiger partial charge in [0.15, 0.2) is 0 Å². The molecule has 9 heteroatoms. The van der Waals surface area contributed by atoms with E-state index in [-0.39, 0.29) is 24.4 Å². The number of aliphatic hydroxyl groups is 1. The molecular formula is C18H35N5O4. The van der Waals surface area contributed by atoms with E-state index in [1.807, 2.05) is 0 Å². The molecule has 1 saturated carbocycles. The number of carbonyl (C=O) groups excluding carboxylic acids is 3. The lowest BCUT2D eigenvalue weighted by Crippen LogP contribution is -2.60. The minimum absolute atomic E-state index is 0.111. The van der Waals surface area contributed by atoms with Gasteiger partial charge in [0.05, 0.1) is 12.1 Å². The summed E-state index contributed by atoms with van der Waals surface area (Å²) in [5.41, 5.74) is 5.67. The highest BCUT2D eigenvalue weighted by molar-refractivity contribution is 5.93. The van der Waals surface area contributed by atoms with Gasteiger partial charge in [-0.2, -0.15) is 0 Å². The van der Waals surface area contributed by atoms with Crippen molar-refractivity contribution in [3.05, 3.63) is 0 Å². The highest BCUT2D eigenvalue weighted by atomic mass is 16.3. The minimum Gasteiger partial charge on any atom is -0.391 e. The van der Waals surface area contributed by atoms with E-state index in [0.717, 1.165) is 25.7 Å². The molecule has 1 aliphatic carbocycles. The monoisotopic (exact) mass is 385 g/mol. The van der Waals surface area contributed by atoms with E-state index in [2.05, 4.69) is 21.3 Å². The molecule has 27 heavy (non-hydrogen) atoms. The number of hydrogen-bond acceptors (Lipinski definition) is 6. The smallest absolute Gasteiger partial charge is 0.245 e. The Morgan fingerprint density at radius 2 is 1.70 bits per heavy atom. The van der Waals surface area contributed by atoms with Crippen LogP contribution in [0.15, 0.2) is 0 Å². The maximum atomic E-state index is 12.7. The van der Waals surface area contributed by atoms with Crippen molar-refractivity contribution in [1.82, 2.24) is 21.3 Å². The maximum Gasteiger partial charge on any atom is 0.245 e. The zero-order valence-electron chi connectivity index (χ0n) is 16.6. The van der Waals surface area contributed by atoms with Gasteiger partial charge in [-0.25, -0.2) is 0 Å². The third-order valence-corrected chi connectivity index (χ3v) is 5.00. The van der Waals surface area contributed by atoms with Crippen molar-refractivity contribution in [3.8, 4) is 0 Å². The Morgan fingerprint density at radius 1 is 1.07 bits per heavy atom. The first-order valence-corrected chi connectivity index (χ1v) is 9.79. The SMILES string of the molecule is CCNC(=O)C(NC(=O)C(CN)NC(=O)C(NC)C1CCCCC1)C(C)O.